The standard InChI is InChI=1S/C17H18ClNO2/c1-2-16(13-6-4-3-5-7-13)19-17(20)12-21-15-10-8-14(18)9-11-15/h3-11,16H,2,12H2,1H3,(H,19,20)/t16-/m1/s1. The number of carbonyl (C=O) groups excluding carboxylic acids is 1. The van der Waals surface area contributed by atoms with E-state index in [0.717, 1.165) is 12.0 Å². The molecule has 2 aromatic rings. The monoisotopic (exact) mass is 303 g/mol. The molecular weight excluding hydrogens is 286 g/mol. The number of hydrogen-bond donors (Lipinski definition) is 1. The van der Waals surface area contributed by atoms with Gasteiger partial charge >= 0.3 is 0 Å². The summed E-state index contributed by atoms with van der Waals surface area (Å²) in [5, 5.41) is 3.62. The highest BCUT2D eigenvalue weighted by Gasteiger charge is 2.12. The zero-order chi connectivity index (χ0) is 15.1. The Morgan fingerprint density at radius 1 is 1.14 bits per heavy atom. The maximum absolute atomic E-state index is 12.0. The van der Waals surface area contributed by atoms with Gasteiger partial charge in [0.1, 0.15) is 5.75 Å². The Balaban J connectivity index is 1.87. The number of benzene rings is 2. The fourth-order valence-electron chi connectivity index (χ4n) is 2.02. The molecule has 0 unspecified atom stereocenters. The topological polar surface area (TPSA) is 38.3 Å². The van der Waals surface area contributed by atoms with Crippen LogP contribution in [0.2, 0.25) is 5.02 Å². The third-order valence-electron chi connectivity index (χ3n) is 3.13. The normalized spacial score (nSPS) is 11.7. The smallest absolute Gasteiger partial charge is 0.258 e. The molecule has 0 aromatic heterocycles. The molecule has 1 atom stereocenters. The third kappa shape index (κ3) is 4.80. The van der Waals surface area contributed by atoms with Gasteiger partial charge in [-0.05, 0) is 36.2 Å². The van der Waals surface area contributed by atoms with Crippen molar-refractivity contribution in [3.05, 3.63) is 65.2 Å². The predicted molar refractivity (Wildman–Crippen MR) is 84.6 cm³/mol. The maximum atomic E-state index is 12.0. The molecule has 0 heterocycles. The van der Waals surface area contributed by atoms with Crippen LogP contribution >= 0.6 is 11.6 Å². The molecule has 0 aliphatic heterocycles. The van der Waals surface area contributed by atoms with Crippen LogP contribution < -0.4 is 10.1 Å². The minimum Gasteiger partial charge on any atom is -0.484 e. The molecule has 0 spiro atoms. The average molecular weight is 304 g/mol. The number of ether oxygens (including phenoxy) is 1. The summed E-state index contributed by atoms with van der Waals surface area (Å²) >= 11 is 5.80. The molecule has 110 valence electrons. The quantitative estimate of drug-likeness (QED) is 0.876. The summed E-state index contributed by atoms with van der Waals surface area (Å²) in [7, 11) is 0. The summed E-state index contributed by atoms with van der Waals surface area (Å²) in [6.45, 7) is 2.03. The van der Waals surface area contributed by atoms with E-state index in [1.165, 1.54) is 0 Å². The molecule has 0 aliphatic rings. The predicted octanol–water partition coefficient (Wildman–Crippen LogP) is 3.99. The van der Waals surface area contributed by atoms with E-state index in [-0.39, 0.29) is 18.6 Å². The zero-order valence-corrected chi connectivity index (χ0v) is 12.6. The van der Waals surface area contributed by atoms with Crippen molar-refractivity contribution in [2.45, 2.75) is 19.4 Å². The first-order chi connectivity index (χ1) is 10.2. The van der Waals surface area contributed by atoms with E-state index in [1.807, 2.05) is 37.3 Å². The van der Waals surface area contributed by atoms with E-state index in [0.29, 0.717) is 10.8 Å². The van der Waals surface area contributed by atoms with Gasteiger partial charge in [-0.2, -0.15) is 0 Å². The highest BCUT2D eigenvalue weighted by molar-refractivity contribution is 6.30. The van der Waals surface area contributed by atoms with Crippen LogP contribution in [0, 0.1) is 0 Å². The molecule has 0 bridgehead atoms. The second-order valence-electron chi connectivity index (χ2n) is 4.68. The third-order valence-corrected chi connectivity index (χ3v) is 3.38. The van der Waals surface area contributed by atoms with Gasteiger partial charge in [0.2, 0.25) is 0 Å². The van der Waals surface area contributed by atoms with Crippen molar-refractivity contribution in [1.29, 1.82) is 0 Å². The van der Waals surface area contributed by atoms with Gasteiger partial charge in [0.15, 0.2) is 6.61 Å². The van der Waals surface area contributed by atoms with Gasteiger partial charge in [-0.15, -0.1) is 0 Å². The van der Waals surface area contributed by atoms with Crippen LogP contribution in [0.5, 0.6) is 5.75 Å². The second-order valence-corrected chi connectivity index (χ2v) is 5.12. The Morgan fingerprint density at radius 3 is 2.43 bits per heavy atom. The van der Waals surface area contributed by atoms with Gasteiger partial charge in [0.25, 0.3) is 5.91 Å². The fraction of sp³-hybridized carbons (Fsp3) is 0.235. The number of rotatable bonds is 6. The average Bonchev–Trinajstić information content (AvgIpc) is 2.53. The summed E-state index contributed by atoms with van der Waals surface area (Å²) in [5.41, 5.74) is 1.10. The van der Waals surface area contributed by atoms with Crippen LogP contribution in [-0.2, 0) is 4.79 Å². The van der Waals surface area contributed by atoms with Gasteiger partial charge in [0.05, 0.1) is 6.04 Å². The molecule has 2 rings (SSSR count). The zero-order valence-electron chi connectivity index (χ0n) is 11.9. The molecule has 0 fully saturated rings. The van der Waals surface area contributed by atoms with E-state index in [1.54, 1.807) is 24.3 Å². The van der Waals surface area contributed by atoms with Gasteiger partial charge in [-0.25, -0.2) is 0 Å². The van der Waals surface area contributed by atoms with Gasteiger partial charge < -0.3 is 10.1 Å². The second kappa shape index (κ2) is 7.70. The Kier molecular flexibility index (Phi) is 5.64. The summed E-state index contributed by atoms with van der Waals surface area (Å²) in [6, 6.07) is 16.9. The fourth-order valence-corrected chi connectivity index (χ4v) is 2.15. The molecule has 3 nitrogen and oxygen atoms in total. The highest BCUT2D eigenvalue weighted by atomic mass is 35.5. The first-order valence-electron chi connectivity index (χ1n) is 6.91. The number of carbonyl (C=O) groups is 1. The Morgan fingerprint density at radius 2 is 1.81 bits per heavy atom. The number of halogens is 1. The van der Waals surface area contributed by atoms with Crippen molar-refractivity contribution in [3.63, 3.8) is 0 Å². The molecule has 4 heteroatoms. The van der Waals surface area contributed by atoms with Crippen molar-refractivity contribution in [2.75, 3.05) is 6.61 Å². The first kappa shape index (κ1) is 15.4. The molecule has 1 amide bonds. The van der Waals surface area contributed by atoms with E-state index in [9.17, 15) is 4.79 Å². The van der Waals surface area contributed by atoms with Crippen LogP contribution in [0.4, 0.5) is 0 Å². The molecule has 2 aromatic carbocycles. The van der Waals surface area contributed by atoms with Gasteiger partial charge in [-0.3, -0.25) is 4.79 Å². The van der Waals surface area contributed by atoms with Gasteiger partial charge in [0, 0.05) is 5.02 Å². The Hall–Kier alpha value is -2.00. The number of nitrogens with one attached hydrogen (secondary N) is 1. The molecule has 0 radical (unpaired) electrons. The van der Waals surface area contributed by atoms with Crippen LogP contribution in [0.3, 0.4) is 0 Å². The summed E-state index contributed by atoms with van der Waals surface area (Å²) in [5.74, 6) is 0.489. The number of hydrogen-bond acceptors (Lipinski definition) is 2. The number of amides is 1. The minimum atomic E-state index is -0.138. The molecule has 21 heavy (non-hydrogen) atoms. The molecule has 0 saturated heterocycles. The SMILES string of the molecule is CC[C@@H](NC(=O)COc1ccc(Cl)cc1)c1ccccc1. The van der Waals surface area contributed by atoms with Crippen LogP contribution in [0.1, 0.15) is 24.9 Å². The molecule has 0 aliphatic carbocycles. The van der Waals surface area contributed by atoms with Crippen molar-refractivity contribution in [2.24, 2.45) is 0 Å². The van der Waals surface area contributed by atoms with Crippen molar-refractivity contribution < 1.29 is 9.53 Å². The van der Waals surface area contributed by atoms with Crippen molar-refractivity contribution in [3.8, 4) is 5.75 Å². The van der Waals surface area contributed by atoms with E-state index in [2.05, 4.69) is 5.32 Å². The lowest BCUT2D eigenvalue weighted by molar-refractivity contribution is -0.123. The first-order valence-corrected chi connectivity index (χ1v) is 7.29. The summed E-state index contributed by atoms with van der Waals surface area (Å²) in [6.07, 6.45) is 0.830. The summed E-state index contributed by atoms with van der Waals surface area (Å²) < 4.78 is 5.43. The Labute approximate surface area is 129 Å². The van der Waals surface area contributed by atoms with Crippen LogP contribution in [0.15, 0.2) is 54.6 Å². The lowest BCUT2D eigenvalue weighted by Gasteiger charge is -2.17. The molecule has 1 N–H and O–H groups in total. The van der Waals surface area contributed by atoms with Crippen molar-refractivity contribution >= 4 is 17.5 Å². The van der Waals surface area contributed by atoms with Crippen LogP contribution in [-0.4, -0.2) is 12.5 Å². The highest BCUT2D eigenvalue weighted by Crippen LogP contribution is 2.17. The maximum Gasteiger partial charge on any atom is 0.258 e. The summed E-state index contributed by atoms with van der Waals surface area (Å²) in [4.78, 5) is 12.0. The van der Waals surface area contributed by atoms with E-state index >= 15 is 0 Å². The lowest BCUT2D eigenvalue weighted by Crippen LogP contribution is -2.32. The molecule has 0 saturated carbocycles. The van der Waals surface area contributed by atoms with Crippen molar-refractivity contribution in [1.82, 2.24) is 5.32 Å². The van der Waals surface area contributed by atoms with E-state index < -0.39 is 0 Å². The largest absolute Gasteiger partial charge is 0.484 e. The minimum absolute atomic E-state index is 0.00696. The lowest BCUT2D eigenvalue weighted by atomic mass is 10.0. The van der Waals surface area contributed by atoms with Gasteiger partial charge in [-0.1, -0.05) is 48.9 Å². The van der Waals surface area contributed by atoms with Crippen LogP contribution in [0.25, 0.3) is 0 Å². The Bertz CT molecular complexity index is 569. The molecular formula is C17H18ClNO2. The van der Waals surface area contributed by atoms with E-state index in [4.69, 9.17) is 16.3 Å².